The van der Waals surface area contributed by atoms with Gasteiger partial charge >= 0.3 is 0 Å². The van der Waals surface area contributed by atoms with Crippen LogP contribution in [-0.4, -0.2) is 33.1 Å². The summed E-state index contributed by atoms with van der Waals surface area (Å²) in [5, 5.41) is 0.420. The van der Waals surface area contributed by atoms with E-state index in [1.807, 2.05) is 0 Å². The van der Waals surface area contributed by atoms with Gasteiger partial charge in [0.15, 0.2) is 16.3 Å². The Hall–Kier alpha value is -3.78. The van der Waals surface area contributed by atoms with E-state index in [4.69, 9.17) is 27.5 Å². The molecular formula is C25H20ClN3O5S2. The van der Waals surface area contributed by atoms with Crippen LogP contribution in [0.3, 0.4) is 0 Å². The lowest BCUT2D eigenvalue weighted by Gasteiger charge is -2.09. The number of terminal acetylenes is 1. The van der Waals surface area contributed by atoms with Crippen LogP contribution in [0.5, 0.6) is 11.5 Å². The number of benzene rings is 3. The number of halogens is 1. The van der Waals surface area contributed by atoms with Gasteiger partial charge in [0.05, 0.1) is 35.9 Å². The molecule has 0 fully saturated rings. The number of nitrogens with zero attached hydrogens (tertiary/aromatic N) is 2. The average molecular weight is 542 g/mol. The normalized spacial score (nSPS) is 11.8. The van der Waals surface area contributed by atoms with E-state index in [0.29, 0.717) is 21.3 Å². The third-order valence-electron chi connectivity index (χ3n) is 5.12. The summed E-state index contributed by atoms with van der Waals surface area (Å²) in [6.07, 6.45) is 5.56. The summed E-state index contributed by atoms with van der Waals surface area (Å²) in [6, 6.07) is 15.4. The number of rotatable bonds is 7. The van der Waals surface area contributed by atoms with Gasteiger partial charge in [-0.25, -0.2) is 8.42 Å². The third-order valence-corrected chi connectivity index (χ3v) is 7.81. The van der Waals surface area contributed by atoms with Crippen LogP contribution in [0, 0.1) is 12.3 Å². The van der Waals surface area contributed by atoms with E-state index in [0.717, 1.165) is 10.2 Å². The van der Waals surface area contributed by atoms with Gasteiger partial charge in [-0.1, -0.05) is 34.9 Å². The molecule has 0 bridgehead atoms. The first-order chi connectivity index (χ1) is 17.2. The SMILES string of the molecule is C#CCn1c(=NC(=O)c2cccc(NS(=O)(=O)c3ccc(Cl)cc3)c2)sc2cc(OC)c(OC)cc21. The van der Waals surface area contributed by atoms with Crippen molar-refractivity contribution in [2.24, 2.45) is 4.99 Å². The Bertz CT molecular complexity index is 1670. The molecule has 0 saturated heterocycles. The number of fused-ring (bicyclic) bond motifs is 1. The van der Waals surface area contributed by atoms with Crippen molar-refractivity contribution in [2.75, 3.05) is 18.9 Å². The van der Waals surface area contributed by atoms with Gasteiger partial charge in [-0.15, -0.1) is 6.42 Å². The van der Waals surface area contributed by atoms with Crippen molar-refractivity contribution < 1.29 is 22.7 Å². The number of thiazole rings is 1. The molecule has 0 spiro atoms. The minimum Gasteiger partial charge on any atom is -0.493 e. The molecule has 1 amide bonds. The molecule has 1 N–H and O–H groups in total. The van der Waals surface area contributed by atoms with E-state index in [-0.39, 0.29) is 22.7 Å². The number of sulfonamides is 1. The van der Waals surface area contributed by atoms with Crippen molar-refractivity contribution in [3.8, 4) is 23.8 Å². The fraction of sp³-hybridized carbons (Fsp3) is 0.120. The highest BCUT2D eigenvalue weighted by Gasteiger charge is 2.16. The maximum Gasteiger partial charge on any atom is 0.279 e. The molecule has 0 aliphatic rings. The van der Waals surface area contributed by atoms with E-state index in [1.54, 1.807) is 34.9 Å². The van der Waals surface area contributed by atoms with Gasteiger partial charge < -0.3 is 14.0 Å². The maximum atomic E-state index is 13.1. The van der Waals surface area contributed by atoms with Crippen LogP contribution < -0.4 is 19.0 Å². The molecule has 0 unspecified atom stereocenters. The Labute approximate surface area is 216 Å². The smallest absolute Gasteiger partial charge is 0.279 e. The van der Waals surface area contributed by atoms with Crippen LogP contribution >= 0.6 is 22.9 Å². The second-order valence-corrected chi connectivity index (χ2v) is 10.5. The summed E-state index contributed by atoms with van der Waals surface area (Å²) in [5.41, 5.74) is 1.16. The number of carbonyl (C=O) groups excluding carboxylic acids is 1. The van der Waals surface area contributed by atoms with Crippen LogP contribution in [0.2, 0.25) is 5.02 Å². The van der Waals surface area contributed by atoms with Gasteiger partial charge in [0, 0.05) is 28.4 Å². The Morgan fingerprint density at radius 1 is 1.11 bits per heavy atom. The van der Waals surface area contributed by atoms with Crippen molar-refractivity contribution in [3.63, 3.8) is 0 Å². The van der Waals surface area contributed by atoms with Gasteiger partial charge in [-0.2, -0.15) is 4.99 Å². The first-order valence-electron chi connectivity index (χ1n) is 10.4. The molecule has 11 heteroatoms. The number of methoxy groups -OCH3 is 2. The fourth-order valence-electron chi connectivity index (χ4n) is 3.42. The number of aromatic nitrogens is 1. The summed E-state index contributed by atoms with van der Waals surface area (Å²) in [6.45, 7) is 0.183. The molecular weight excluding hydrogens is 522 g/mol. The third kappa shape index (κ3) is 5.23. The summed E-state index contributed by atoms with van der Waals surface area (Å²) < 4.78 is 41.2. The maximum absolute atomic E-state index is 13.1. The Morgan fingerprint density at radius 2 is 1.81 bits per heavy atom. The summed E-state index contributed by atoms with van der Waals surface area (Å²) in [4.78, 5) is 17.8. The van der Waals surface area contributed by atoms with Crippen LogP contribution in [-0.2, 0) is 16.6 Å². The minimum atomic E-state index is -3.87. The van der Waals surface area contributed by atoms with Gasteiger partial charge in [0.25, 0.3) is 15.9 Å². The summed E-state index contributed by atoms with van der Waals surface area (Å²) in [5.74, 6) is 3.08. The zero-order valence-electron chi connectivity index (χ0n) is 19.2. The second kappa shape index (κ2) is 10.5. The monoisotopic (exact) mass is 541 g/mol. The standard InChI is InChI=1S/C25H20ClN3O5S2/c1-4-12-29-20-14-21(33-2)22(34-3)15-23(20)35-25(29)27-24(30)16-6-5-7-18(13-16)28-36(31,32)19-10-8-17(26)9-11-19/h1,5-11,13-15,28H,12H2,2-3H3. The molecule has 0 radical (unpaired) electrons. The number of ether oxygens (including phenoxy) is 2. The van der Waals surface area contributed by atoms with Crippen LogP contribution in [0.15, 0.2) is 70.6 Å². The lowest BCUT2D eigenvalue weighted by atomic mass is 10.2. The zero-order chi connectivity index (χ0) is 25.9. The molecule has 4 aromatic rings. The molecule has 0 saturated carbocycles. The van der Waals surface area contributed by atoms with Gasteiger partial charge in [-0.05, 0) is 42.5 Å². The highest BCUT2D eigenvalue weighted by atomic mass is 35.5. The van der Waals surface area contributed by atoms with Gasteiger partial charge in [0.1, 0.15) is 0 Å². The molecule has 0 aliphatic heterocycles. The van der Waals surface area contributed by atoms with Gasteiger partial charge in [-0.3, -0.25) is 9.52 Å². The number of nitrogens with one attached hydrogen (secondary N) is 1. The second-order valence-electron chi connectivity index (χ2n) is 7.41. The lowest BCUT2D eigenvalue weighted by molar-refractivity contribution is 0.0998. The van der Waals surface area contributed by atoms with Crippen molar-refractivity contribution in [1.82, 2.24) is 4.57 Å². The lowest BCUT2D eigenvalue weighted by Crippen LogP contribution is -2.17. The van der Waals surface area contributed by atoms with Crippen molar-refractivity contribution in [1.29, 1.82) is 0 Å². The van der Waals surface area contributed by atoms with Crippen LogP contribution in [0.4, 0.5) is 5.69 Å². The average Bonchev–Trinajstić information content (AvgIpc) is 3.19. The molecule has 184 valence electrons. The largest absolute Gasteiger partial charge is 0.493 e. The first-order valence-corrected chi connectivity index (χ1v) is 13.1. The highest BCUT2D eigenvalue weighted by molar-refractivity contribution is 7.92. The number of hydrogen-bond acceptors (Lipinski definition) is 6. The van der Waals surface area contributed by atoms with E-state index >= 15 is 0 Å². The Kier molecular flexibility index (Phi) is 7.35. The molecule has 36 heavy (non-hydrogen) atoms. The predicted molar refractivity (Wildman–Crippen MR) is 140 cm³/mol. The number of amides is 1. The molecule has 8 nitrogen and oxygen atoms in total. The molecule has 1 heterocycles. The number of anilines is 1. The number of carbonyl (C=O) groups is 1. The van der Waals surface area contributed by atoms with E-state index < -0.39 is 15.9 Å². The molecule has 4 rings (SSSR count). The molecule has 3 aromatic carbocycles. The van der Waals surface area contributed by atoms with E-state index in [9.17, 15) is 13.2 Å². The molecule has 1 aromatic heterocycles. The Balaban J connectivity index is 1.70. The predicted octanol–water partition coefficient (Wildman–Crippen LogP) is 4.55. The molecule has 0 atom stereocenters. The number of hydrogen-bond donors (Lipinski definition) is 1. The van der Waals surface area contributed by atoms with Crippen LogP contribution in [0.1, 0.15) is 10.4 Å². The van der Waals surface area contributed by atoms with Crippen LogP contribution in [0.25, 0.3) is 10.2 Å². The van der Waals surface area contributed by atoms with Crippen molar-refractivity contribution >= 4 is 54.8 Å². The quantitative estimate of drug-likeness (QED) is 0.346. The van der Waals surface area contributed by atoms with E-state index in [1.165, 1.54) is 55.9 Å². The topological polar surface area (TPSA) is 99.0 Å². The molecule has 0 aliphatic carbocycles. The summed E-state index contributed by atoms with van der Waals surface area (Å²) in [7, 11) is -0.805. The highest BCUT2D eigenvalue weighted by Crippen LogP contribution is 2.33. The Morgan fingerprint density at radius 3 is 2.47 bits per heavy atom. The van der Waals surface area contributed by atoms with E-state index in [2.05, 4.69) is 15.6 Å². The van der Waals surface area contributed by atoms with Crippen molar-refractivity contribution in [3.05, 3.63) is 76.1 Å². The first kappa shape index (κ1) is 25.3. The summed E-state index contributed by atoms with van der Waals surface area (Å²) >= 11 is 7.11. The minimum absolute atomic E-state index is 0.0415. The zero-order valence-corrected chi connectivity index (χ0v) is 21.6. The fourth-order valence-corrected chi connectivity index (χ4v) is 5.63. The van der Waals surface area contributed by atoms with Gasteiger partial charge in [0.2, 0.25) is 0 Å². The van der Waals surface area contributed by atoms with Crippen molar-refractivity contribution in [2.45, 2.75) is 11.4 Å².